The number of alkyl carbamates (subject to hydrolysis) is 1. The van der Waals surface area contributed by atoms with Gasteiger partial charge in [-0.15, -0.1) is 0 Å². The lowest BCUT2D eigenvalue weighted by molar-refractivity contribution is 0.169. The number of methoxy groups -OCH3 is 1. The average molecular weight is 185 g/mol. The smallest absolute Gasteiger partial charge is 0.406 e. The molecule has 0 unspecified atom stereocenters. The number of hydrogen-bond acceptors (Lipinski definition) is 2. The lowest BCUT2D eigenvalue weighted by Gasteiger charge is -2.21. The number of nitrogens with one attached hydrogen (secondary N) is 1. The molecule has 0 saturated heterocycles. The fraction of sp³-hybridized carbons (Fsp3) is 0.900. The van der Waals surface area contributed by atoms with Crippen LogP contribution in [0.25, 0.3) is 0 Å². The second-order valence-electron chi connectivity index (χ2n) is 3.71. The Labute approximate surface area is 79.8 Å². The van der Waals surface area contributed by atoms with E-state index in [2.05, 4.69) is 10.1 Å². The molecule has 0 atom stereocenters. The van der Waals surface area contributed by atoms with Crippen LogP contribution in [0.15, 0.2) is 0 Å². The highest BCUT2D eigenvalue weighted by molar-refractivity contribution is 5.66. The molecule has 0 spiro atoms. The molecule has 0 heterocycles. The van der Waals surface area contributed by atoms with Gasteiger partial charge < -0.3 is 10.1 Å². The van der Waals surface area contributed by atoms with Crippen molar-refractivity contribution in [3.8, 4) is 0 Å². The molecule has 1 saturated carbocycles. The maximum absolute atomic E-state index is 10.7. The van der Waals surface area contributed by atoms with Crippen molar-refractivity contribution in [3.05, 3.63) is 0 Å². The molecule has 1 aliphatic rings. The number of carbonyl (C=O) groups excluding carboxylic acids is 1. The van der Waals surface area contributed by atoms with Gasteiger partial charge in [-0.05, 0) is 12.3 Å². The summed E-state index contributed by atoms with van der Waals surface area (Å²) in [6.45, 7) is 0.761. The highest BCUT2D eigenvalue weighted by Crippen LogP contribution is 2.25. The molecule has 1 amide bonds. The summed E-state index contributed by atoms with van der Waals surface area (Å²) in [4.78, 5) is 10.7. The Kier molecular flexibility index (Phi) is 4.65. The number of amides is 1. The van der Waals surface area contributed by atoms with Gasteiger partial charge in [-0.2, -0.15) is 0 Å². The van der Waals surface area contributed by atoms with Crippen LogP contribution in [0, 0.1) is 5.92 Å². The van der Waals surface area contributed by atoms with E-state index in [1.165, 1.54) is 39.2 Å². The molecule has 0 radical (unpaired) electrons. The summed E-state index contributed by atoms with van der Waals surface area (Å²) in [6.07, 6.45) is 7.59. The Morgan fingerprint density at radius 1 is 1.38 bits per heavy atom. The average Bonchev–Trinajstić information content (AvgIpc) is 2.19. The van der Waals surface area contributed by atoms with E-state index >= 15 is 0 Å². The van der Waals surface area contributed by atoms with Crippen molar-refractivity contribution in [1.82, 2.24) is 5.32 Å². The summed E-state index contributed by atoms with van der Waals surface area (Å²) in [5, 5.41) is 2.72. The summed E-state index contributed by atoms with van der Waals surface area (Å²) in [5.41, 5.74) is 0. The lowest BCUT2D eigenvalue weighted by atomic mass is 9.87. The maximum atomic E-state index is 10.7. The summed E-state index contributed by atoms with van der Waals surface area (Å²) >= 11 is 0. The van der Waals surface area contributed by atoms with Gasteiger partial charge >= 0.3 is 6.09 Å². The van der Waals surface area contributed by atoms with Crippen LogP contribution in [0.5, 0.6) is 0 Å². The third-order valence-electron chi connectivity index (χ3n) is 2.73. The maximum Gasteiger partial charge on any atom is 0.406 e. The number of hydrogen-bond donors (Lipinski definition) is 1. The summed E-state index contributed by atoms with van der Waals surface area (Å²) in [6, 6.07) is 0. The first kappa shape index (κ1) is 10.4. The zero-order valence-electron chi connectivity index (χ0n) is 8.34. The van der Waals surface area contributed by atoms with Crippen LogP contribution in [0.3, 0.4) is 0 Å². The van der Waals surface area contributed by atoms with Gasteiger partial charge in [0.15, 0.2) is 0 Å². The molecule has 0 aromatic rings. The largest absolute Gasteiger partial charge is 0.453 e. The zero-order valence-corrected chi connectivity index (χ0v) is 8.34. The van der Waals surface area contributed by atoms with E-state index in [-0.39, 0.29) is 6.09 Å². The van der Waals surface area contributed by atoms with E-state index in [9.17, 15) is 4.79 Å². The van der Waals surface area contributed by atoms with Gasteiger partial charge in [-0.3, -0.25) is 0 Å². The van der Waals surface area contributed by atoms with Crippen molar-refractivity contribution in [3.63, 3.8) is 0 Å². The molecule has 1 fully saturated rings. The lowest BCUT2D eigenvalue weighted by Crippen LogP contribution is -2.26. The molecule has 0 bridgehead atoms. The van der Waals surface area contributed by atoms with E-state index in [1.54, 1.807) is 0 Å². The molecule has 0 aromatic heterocycles. The molecule has 1 N–H and O–H groups in total. The quantitative estimate of drug-likeness (QED) is 0.732. The van der Waals surface area contributed by atoms with Gasteiger partial charge in [-0.25, -0.2) is 4.79 Å². The van der Waals surface area contributed by atoms with Gasteiger partial charge in [-0.1, -0.05) is 32.1 Å². The fourth-order valence-corrected chi connectivity index (χ4v) is 1.93. The van der Waals surface area contributed by atoms with Crippen LogP contribution in [0.2, 0.25) is 0 Å². The Balaban J connectivity index is 2.01. The third-order valence-corrected chi connectivity index (χ3v) is 2.73. The van der Waals surface area contributed by atoms with Gasteiger partial charge in [0.05, 0.1) is 7.11 Å². The Bertz CT molecular complexity index is 153. The van der Waals surface area contributed by atoms with Crippen LogP contribution in [-0.4, -0.2) is 19.7 Å². The van der Waals surface area contributed by atoms with Crippen molar-refractivity contribution in [2.45, 2.75) is 38.5 Å². The minimum absolute atomic E-state index is 0.309. The number of rotatable bonds is 3. The summed E-state index contributed by atoms with van der Waals surface area (Å²) in [5.74, 6) is 0.825. The first-order chi connectivity index (χ1) is 6.33. The van der Waals surface area contributed by atoms with E-state index < -0.39 is 0 Å². The zero-order chi connectivity index (χ0) is 9.52. The first-order valence-electron chi connectivity index (χ1n) is 5.14. The minimum Gasteiger partial charge on any atom is -0.453 e. The molecule has 13 heavy (non-hydrogen) atoms. The van der Waals surface area contributed by atoms with E-state index in [1.807, 2.05) is 0 Å². The molecule has 3 heteroatoms. The van der Waals surface area contributed by atoms with E-state index in [4.69, 9.17) is 0 Å². The van der Waals surface area contributed by atoms with Crippen LogP contribution >= 0.6 is 0 Å². The topological polar surface area (TPSA) is 38.3 Å². The molecular formula is C10H19NO2. The van der Waals surface area contributed by atoms with Gasteiger partial charge in [0.25, 0.3) is 0 Å². The second-order valence-corrected chi connectivity index (χ2v) is 3.71. The molecule has 0 aromatic carbocycles. The number of ether oxygens (including phenoxy) is 1. The highest BCUT2D eigenvalue weighted by atomic mass is 16.5. The van der Waals surface area contributed by atoms with Crippen molar-refractivity contribution in [1.29, 1.82) is 0 Å². The molecule has 1 rings (SSSR count). The fourth-order valence-electron chi connectivity index (χ4n) is 1.93. The highest BCUT2D eigenvalue weighted by Gasteiger charge is 2.12. The van der Waals surface area contributed by atoms with Crippen molar-refractivity contribution >= 4 is 6.09 Å². The molecular weight excluding hydrogens is 166 g/mol. The van der Waals surface area contributed by atoms with E-state index in [0.717, 1.165) is 18.9 Å². The van der Waals surface area contributed by atoms with Crippen molar-refractivity contribution < 1.29 is 9.53 Å². The Hall–Kier alpha value is -0.730. The van der Waals surface area contributed by atoms with E-state index in [0.29, 0.717) is 0 Å². The molecule has 3 nitrogen and oxygen atoms in total. The van der Waals surface area contributed by atoms with Gasteiger partial charge in [0.1, 0.15) is 0 Å². The van der Waals surface area contributed by atoms with Crippen LogP contribution in [0.1, 0.15) is 38.5 Å². The normalized spacial score (nSPS) is 18.2. The van der Waals surface area contributed by atoms with Crippen LogP contribution < -0.4 is 5.32 Å². The SMILES string of the molecule is COC(=O)NCCC1CCCCC1. The van der Waals surface area contributed by atoms with Crippen LogP contribution in [-0.2, 0) is 4.74 Å². The van der Waals surface area contributed by atoms with Crippen molar-refractivity contribution in [2.75, 3.05) is 13.7 Å². The van der Waals surface area contributed by atoms with Gasteiger partial charge in [0.2, 0.25) is 0 Å². The number of carbonyl (C=O) groups is 1. The third kappa shape index (κ3) is 4.15. The Morgan fingerprint density at radius 2 is 2.08 bits per heavy atom. The van der Waals surface area contributed by atoms with Crippen molar-refractivity contribution in [2.24, 2.45) is 5.92 Å². The standard InChI is InChI=1S/C10H19NO2/c1-13-10(12)11-8-7-9-5-3-2-4-6-9/h9H,2-8H2,1H3,(H,11,12). The summed E-state index contributed by atoms with van der Waals surface area (Å²) < 4.78 is 4.49. The molecule has 1 aliphatic carbocycles. The molecule has 0 aliphatic heterocycles. The Morgan fingerprint density at radius 3 is 2.69 bits per heavy atom. The monoisotopic (exact) mass is 185 g/mol. The minimum atomic E-state index is -0.309. The first-order valence-corrected chi connectivity index (χ1v) is 5.14. The molecule has 76 valence electrons. The predicted octanol–water partition coefficient (Wildman–Crippen LogP) is 2.31. The van der Waals surface area contributed by atoms with Gasteiger partial charge in [0, 0.05) is 6.54 Å². The predicted molar refractivity (Wildman–Crippen MR) is 51.6 cm³/mol. The second kappa shape index (κ2) is 5.84. The van der Waals surface area contributed by atoms with Crippen LogP contribution in [0.4, 0.5) is 4.79 Å². The summed E-state index contributed by atoms with van der Waals surface area (Å²) in [7, 11) is 1.40.